The summed E-state index contributed by atoms with van der Waals surface area (Å²) in [5.41, 5.74) is 6.81. The lowest BCUT2D eigenvalue weighted by atomic mass is 10.2. The van der Waals surface area contributed by atoms with Crippen LogP contribution in [-0.4, -0.2) is 6.54 Å². The minimum Gasteiger partial charge on any atom is -0.376 e. The van der Waals surface area contributed by atoms with Crippen LogP contribution in [0.1, 0.15) is 10.9 Å². The molecule has 96 valence electrons. The first-order chi connectivity index (χ1) is 8.60. The van der Waals surface area contributed by atoms with Gasteiger partial charge in [0.1, 0.15) is 0 Å². The van der Waals surface area contributed by atoms with Gasteiger partial charge in [0.25, 0.3) is 0 Å². The molecule has 0 saturated heterocycles. The molecule has 0 aliphatic carbocycles. The Morgan fingerprint density at radius 3 is 2.61 bits per heavy atom. The molecule has 2 rings (SSSR count). The van der Waals surface area contributed by atoms with Crippen LogP contribution in [0.25, 0.3) is 0 Å². The molecular weight excluding hydrogens is 399 g/mol. The smallest absolute Gasteiger partial charge is 0.0729 e. The molecule has 0 spiro atoms. The van der Waals surface area contributed by atoms with E-state index in [1.165, 1.54) is 4.88 Å². The van der Waals surface area contributed by atoms with Crippen molar-refractivity contribution in [3.63, 3.8) is 0 Å². The fraction of sp³-hybridized carbons (Fsp3) is 0.167. The standard InChI is InChI=1S/C12H11Br2ClN2S/c13-8-5-7(1-2-9(8)15)17-10(6-16)11-3-4-12(14)18-11/h1-5,10,17H,6,16H2. The number of rotatable bonds is 4. The fourth-order valence-corrected chi connectivity index (χ4v) is 3.53. The highest BCUT2D eigenvalue weighted by Crippen LogP contribution is 2.31. The van der Waals surface area contributed by atoms with Gasteiger partial charge in [0.15, 0.2) is 0 Å². The highest BCUT2D eigenvalue weighted by molar-refractivity contribution is 9.11. The normalized spacial score (nSPS) is 12.4. The quantitative estimate of drug-likeness (QED) is 0.741. The van der Waals surface area contributed by atoms with Crippen LogP contribution in [0.5, 0.6) is 0 Å². The molecule has 0 aliphatic heterocycles. The van der Waals surface area contributed by atoms with Crippen molar-refractivity contribution in [3.8, 4) is 0 Å². The van der Waals surface area contributed by atoms with Crippen molar-refractivity contribution in [1.82, 2.24) is 0 Å². The number of benzene rings is 1. The summed E-state index contributed by atoms with van der Waals surface area (Å²) in [6, 6.07) is 9.96. The second kappa shape index (κ2) is 6.39. The molecular formula is C12H11Br2ClN2S. The molecule has 1 atom stereocenters. The highest BCUT2D eigenvalue weighted by atomic mass is 79.9. The van der Waals surface area contributed by atoms with Gasteiger partial charge in [-0.25, -0.2) is 0 Å². The van der Waals surface area contributed by atoms with Crippen molar-refractivity contribution >= 4 is 60.5 Å². The van der Waals surface area contributed by atoms with Gasteiger partial charge in [0, 0.05) is 21.6 Å². The average molecular weight is 411 g/mol. The van der Waals surface area contributed by atoms with Crippen LogP contribution >= 0.6 is 54.8 Å². The van der Waals surface area contributed by atoms with Crippen molar-refractivity contribution in [2.24, 2.45) is 5.73 Å². The largest absolute Gasteiger partial charge is 0.376 e. The Morgan fingerprint density at radius 1 is 1.28 bits per heavy atom. The van der Waals surface area contributed by atoms with Crippen molar-refractivity contribution < 1.29 is 0 Å². The summed E-state index contributed by atoms with van der Waals surface area (Å²) in [7, 11) is 0. The van der Waals surface area contributed by atoms with Gasteiger partial charge in [-0.1, -0.05) is 11.6 Å². The maximum absolute atomic E-state index is 5.97. The number of anilines is 1. The third kappa shape index (κ3) is 3.48. The molecule has 3 N–H and O–H groups in total. The lowest BCUT2D eigenvalue weighted by Gasteiger charge is -2.17. The Labute approximate surface area is 132 Å². The van der Waals surface area contributed by atoms with Crippen LogP contribution < -0.4 is 11.1 Å². The predicted octanol–water partition coefficient (Wildman–Crippen LogP) is 5.04. The van der Waals surface area contributed by atoms with E-state index in [4.69, 9.17) is 17.3 Å². The molecule has 1 unspecified atom stereocenters. The van der Waals surface area contributed by atoms with E-state index in [2.05, 4.69) is 43.2 Å². The minimum absolute atomic E-state index is 0.106. The Hall–Kier alpha value is -0.0700. The van der Waals surface area contributed by atoms with Crippen molar-refractivity contribution in [1.29, 1.82) is 0 Å². The number of hydrogen-bond donors (Lipinski definition) is 2. The van der Waals surface area contributed by atoms with Crippen molar-refractivity contribution in [3.05, 3.63) is 48.5 Å². The number of nitrogens with two attached hydrogens (primary N) is 1. The molecule has 1 heterocycles. The zero-order valence-electron chi connectivity index (χ0n) is 9.29. The maximum atomic E-state index is 5.97. The van der Waals surface area contributed by atoms with Gasteiger partial charge in [-0.05, 0) is 62.2 Å². The molecule has 0 saturated carbocycles. The van der Waals surface area contributed by atoms with E-state index in [-0.39, 0.29) is 6.04 Å². The molecule has 0 aliphatic rings. The van der Waals surface area contributed by atoms with Crippen molar-refractivity contribution in [2.75, 3.05) is 11.9 Å². The summed E-state index contributed by atoms with van der Waals surface area (Å²) in [5, 5.41) is 4.10. The fourth-order valence-electron chi connectivity index (χ4n) is 1.55. The molecule has 0 fully saturated rings. The molecule has 0 radical (unpaired) electrons. The summed E-state index contributed by atoms with van der Waals surface area (Å²) < 4.78 is 1.98. The first kappa shape index (κ1) is 14.3. The summed E-state index contributed by atoms with van der Waals surface area (Å²) in [5.74, 6) is 0. The first-order valence-electron chi connectivity index (χ1n) is 5.27. The van der Waals surface area contributed by atoms with Crippen LogP contribution in [0, 0.1) is 0 Å². The highest BCUT2D eigenvalue weighted by Gasteiger charge is 2.12. The van der Waals surface area contributed by atoms with Gasteiger partial charge < -0.3 is 11.1 Å². The summed E-state index contributed by atoms with van der Waals surface area (Å²) >= 11 is 14.5. The third-order valence-corrected chi connectivity index (χ3v) is 5.38. The lowest BCUT2D eigenvalue weighted by Crippen LogP contribution is -2.19. The molecule has 0 amide bonds. The SMILES string of the molecule is NCC(Nc1ccc(Cl)c(Br)c1)c1ccc(Br)s1. The predicted molar refractivity (Wildman–Crippen MR) is 86.6 cm³/mol. The van der Waals surface area contributed by atoms with E-state index >= 15 is 0 Å². The van der Waals surface area contributed by atoms with E-state index in [0.717, 1.165) is 13.9 Å². The second-order valence-electron chi connectivity index (χ2n) is 3.70. The van der Waals surface area contributed by atoms with Crippen LogP contribution in [0.2, 0.25) is 5.02 Å². The maximum Gasteiger partial charge on any atom is 0.0729 e. The van der Waals surface area contributed by atoms with Gasteiger partial charge in [0.2, 0.25) is 0 Å². The zero-order valence-corrected chi connectivity index (χ0v) is 14.0. The number of thiophene rings is 1. The molecule has 1 aromatic carbocycles. The van der Waals surface area contributed by atoms with Crippen LogP contribution in [0.15, 0.2) is 38.6 Å². The number of hydrogen-bond acceptors (Lipinski definition) is 3. The molecule has 6 heteroatoms. The summed E-state index contributed by atoms with van der Waals surface area (Å²) in [6.07, 6.45) is 0. The summed E-state index contributed by atoms with van der Waals surface area (Å²) in [6.45, 7) is 0.535. The average Bonchev–Trinajstić information content (AvgIpc) is 2.77. The minimum atomic E-state index is 0.106. The Bertz CT molecular complexity index is 545. The van der Waals surface area contributed by atoms with E-state index in [0.29, 0.717) is 11.6 Å². The van der Waals surface area contributed by atoms with E-state index in [9.17, 15) is 0 Å². The van der Waals surface area contributed by atoms with Gasteiger partial charge in [0.05, 0.1) is 14.9 Å². The topological polar surface area (TPSA) is 38.0 Å². The van der Waals surface area contributed by atoms with Crippen LogP contribution in [0.4, 0.5) is 5.69 Å². The number of nitrogens with one attached hydrogen (secondary N) is 1. The monoisotopic (exact) mass is 408 g/mol. The number of halogens is 3. The lowest BCUT2D eigenvalue weighted by molar-refractivity contribution is 0.806. The Kier molecular flexibility index (Phi) is 5.09. The zero-order chi connectivity index (χ0) is 13.1. The van der Waals surface area contributed by atoms with Crippen LogP contribution in [0.3, 0.4) is 0 Å². The Balaban J connectivity index is 2.17. The first-order valence-corrected chi connectivity index (χ1v) is 8.05. The van der Waals surface area contributed by atoms with E-state index < -0.39 is 0 Å². The Morgan fingerprint density at radius 2 is 2.06 bits per heavy atom. The molecule has 18 heavy (non-hydrogen) atoms. The van der Waals surface area contributed by atoms with Gasteiger partial charge in [-0.2, -0.15) is 0 Å². The second-order valence-corrected chi connectivity index (χ2v) is 7.46. The van der Waals surface area contributed by atoms with E-state index in [1.807, 2.05) is 24.3 Å². The van der Waals surface area contributed by atoms with Gasteiger partial charge in [-0.15, -0.1) is 11.3 Å². The van der Waals surface area contributed by atoms with Gasteiger partial charge in [-0.3, -0.25) is 0 Å². The third-order valence-electron chi connectivity index (χ3n) is 2.43. The van der Waals surface area contributed by atoms with Gasteiger partial charge >= 0.3 is 0 Å². The van der Waals surface area contributed by atoms with E-state index in [1.54, 1.807) is 11.3 Å². The van der Waals surface area contributed by atoms with Crippen LogP contribution in [-0.2, 0) is 0 Å². The van der Waals surface area contributed by atoms with Crippen molar-refractivity contribution in [2.45, 2.75) is 6.04 Å². The summed E-state index contributed by atoms with van der Waals surface area (Å²) in [4.78, 5) is 1.20. The molecule has 2 aromatic rings. The molecule has 1 aromatic heterocycles. The molecule has 0 bridgehead atoms. The molecule has 2 nitrogen and oxygen atoms in total.